The maximum absolute atomic E-state index is 12.1. The standard InChI is InChI=1S/C25H22N2O2/c1-17-13-18(15-19(26)14-17)7-6-12-27-25(28)29-16-24-22-10-4-2-8-20(22)21-9-3-5-11-23(21)24/h2-5,8-11,13-15,24H,12,16,26H2,1H3,(H,27,28). The summed E-state index contributed by atoms with van der Waals surface area (Å²) in [6.45, 7) is 2.47. The number of nitrogens with two attached hydrogens (primary N) is 1. The largest absolute Gasteiger partial charge is 0.449 e. The first-order valence-electron chi connectivity index (χ1n) is 9.57. The number of amides is 1. The number of aryl methyl sites for hydroxylation is 1. The molecule has 29 heavy (non-hydrogen) atoms. The van der Waals surface area contributed by atoms with Crippen LogP contribution in [-0.4, -0.2) is 19.2 Å². The van der Waals surface area contributed by atoms with E-state index in [0.717, 1.165) is 11.1 Å². The van der Waals surface area contributed by atoms with Crippen LogP contribution in [0.25, 0.3) is 11.1 Å². The second-order valence-corrected chi connectivity index (χ2v) is 7.11. The van der Waals surface area contributed by atoms with Crippen molar-refractivity contribution >= 4 is 11.8 Å². The molecule has 1 aliphatic rings. The molecule has 0 atom stereocenters. The lowest BCUT2D eigenvalue weighted by atomic mass is 9.98. The van der Waals surface area contributed by atoms with E-state index in [9.17, 15) is 4.79 Å². The van der Waals surface area contributed by atoms with Crippen molar-refractivity contribution in [1.29, 1.82) is 0 Å². The third-order valence-corrected chi connectivity index (χ3v) is 5.00. The number of rotatable bonds is 3. The Morgan fingerprint density at radius 3 is 2.34 bits per heavy atom. The zero-order valence-electron chi connectivity index (χ0n) is 16.2. The van der Waals surface area contributed by atoms with Crippen LogP contribution >= 0.6 is 0 Å². The lowest BCUT2D eigenvalue weighted by molar-refractivity contribution is 0.144. The molecule has 0 saturated carbocycles. The lowest BCUT2D eigenvalue weighted by Gasteiger charge is -2.14. The molecule has 0 radical (unpaired) electrons. The molecule has 4 nitrogen and oxygen atoms in total. The number of anilines is 1. The van der Waals surface area contributed by atoms with E-state index in [4.69, 9.17) is 10.5 Å². The van der Waals surface area contributed by atoms with Crippen LogP contribution in [0.3, 0.4) is 0 Å². The van der Waals surface area contributed by atoms with Crippen molar-refractivity contribution in [1.82, 2.24) is 5.32 Å². The molecule has 0 unspecified atom stereocenters. The predicted molar refractivity (Wildman–Crippen MR) is 116 cm³/mol. The van der Waals surface area contributed by atoms with E-state index in [1.807, 2.05) is 49.4 Å². The zero-order valence-corrected chi connectivity index (χ0v) is 16.2. The van der Waals surface area contributed by atoms with Gasteiger partial charge in [-0.25, -0.2) is 4.79 Å². The van der Waals surface area contributed by atoms with Crippen molar-refractivity contribution in [2.24, 2.45) is 0 Å². The molecule has 0 aromatic heterocycles. The molecule has 0 aliphatic heterocycles. The topological polar surface area (TPSA) is 64.3 Å². The number of hydrogen-bond acceptors (Lipinski definition) is 3. The Morgan fingerprint density at radius 1 is 1.03 bits per heavy atom. The number of benzene rings is 3. The van der Waals surface area contributed by atoms with E-state index in [-0.39, 0.29) is 12.5 Å². The Morgan fingerprint density at radius 2 is 1.69 bits per heavy atom. The van der Waals surface area contributed by atoms with Crippen LogP contribution in [0.4, 0.5) is 10.5 Å². The Labute approximate surface area is 170 Å². The Balaban J connectivity index is 1.35. The second-order valence-electron chi connectivity index (χ2n) is 7.11. The summed E-state index contributed by atoms with van der Waals surface area (Å²) >= 11 is 0. The number of alkyl carbamates (subject to hydrolysis) is 1. The number of hydrogen-bond donors (Lipinski definition) is 2. The van der Waals surface area contributed by atoms with Gasteiger partial charge < -0.3 is 15.8 Å². The van der Waals surface area contributed by atoms with Crippen LogP contribution in [-0.2, 0) is 4.74 Å². The summed E-state index contributed by atoms with van der Waals surface area (Å²) in [6.07, 6.45) is -0.468. The van der Waals surface area contributed by atoms with Gasteiger partial charge in [0.15, 0.2) is 0 Å². The fraction of sp³-hybridized carbons (Fsp3) is 0.160. The Hall–Kier alpha value is -3.71. The monoisotopic (exact) mass is 382 g/mol. The molecule has 0 saturated heterocycles. The second kappa shape index (κ2) is 8.12. The van der Waals surface area contributed by atoms with Crippen molar-refractivity contribution in [3.63, 3.8) is 0 Å². The summed E-state index contributed by atoms with van der Waals surface area (Å²) < 4.78 is 5.49. The molecule has 4 heteroatoms. The van der Waals surface area contributed by atoms with Gasteiger partial charge in [-0.15, -0.1) is 0 Å². The summed E-state index contributed by atoms with van der Waals surface area (Å²) in [4.78, 5) is 12.1. The molecule has 3 aromatic rings. The number of carbonyl (C=O) groups is 1. The van der Waals surface area contributed by atoms with Crippen LogP contribution in [0, 0.1) is 18.8 Å². The van der Waals surface area contributed by atoms with E-state index >= 15 is 0 Å². The van der Waals surface area contributed by atoms with E-state index in [0.29, 0.717) is 12.3 Å². The molecular weight excluding hydrogens is 360 g/mol. The van der Waals surface area contributed by atoms with Gasteiger partial charge in [0.25, 0.3) is 0 Å². The van der Waals surface area contributed by atoms with Gasteiger partial charge in [-0.1, -0.05) is 60.4 Å². The molecule has 1 aliphatic carbocycles. The highest BCUT2D eigenvalue weighted by Gasteiger charge is 2.28. The minimum Gasteiger partial charge on any atom is -0.449 e. The first-order chi connectivity index (χ1) is 14.1. The van der Waals surface area contributed by atoms with Gasteiger partial charge in [0.05, 0.1) is 6.54 Å². The third kappa shape index (κ3) is 4.09. The zero-order chi connectivity index (χ0) is 20.2. The fourth-order valence-electron chi connectivity index (χ4n) is 3.80. The molecule has 0 fully saturated rings. The van der Waals surface area contributed by atoms with Crippen molar-refractivity contribution in [2.45, 2.75) is 12.8 Å². The van der Waals surface area contributed by atoms with E-state index in [2.05, 4.69) is 41.4 Å². The average Bonchev–Trinajstić information content (AvgIpc) is 3.03. The highest BCUT2D eigenvalue weighted by molar-refractivity contribution is 5.79. The quantitative estimate of drug-likeness (QED) is 0.519. The van der Waals surface area contributed by atoms with Crippen LogP contribution in [0.5, 0.6) is 0 Å². The maximum Gasteiger partial charge on any atom is 0.407 e. The molecule has 3 aromatic carbocycles. The van der Waals surface area contributed by atoms with Gasteiger partial charge in [-0.2, -0.15) is 0 Å². The van der Waals surface area contributed by atoms with Gasteiger partial charge in [0.2, 0.25) is 0 Å². The molecule has 3 N–H and O–H groups in total. The number of nitrogens with one attached hydrogen (secondary N) is 1. The van der Waals surface area contributed by atoms with E-state index in [1.165, 1.54) is 22.3 Å². The number of ether oxygens (including phenoxy) is 1. The molecule has 144 valence electrons. The fourth-order valence-corrected chi connectivity index (χ4v) is 3.80. The molecule has 4 rings (SSSR count). The minimum absolute atomic E-state index is 0.0505. The minimum atomic E-state index is -0.468. The van der Waals surface area contributed by atoms with Crippen LogP contribution < -0.4 is 11.1 Å². The summed E-state index contributed by atoms with van der Waals surface area (Å²) in [7, 11) is 0. The third-order valence-electron chi connectivity index (χ3n) is 5.00. The van der Waals surface area contributed by atoms with Gasteiger partial charge in [-0.3, -0.25) is 0 Å². The summed E-state index contributed by atoms with van der Waals surface area (Å²) in [6, 6.07) is 22.2. The van der Waals surface area contributed by atoms with Crippen molar-refractivity contribution in [2.75, 3.05) is 18.9 Å². The highest BCUT2D eigenvalue weighted by atomic mass is 16.5. The first kappa shape index (κ1) is 18.6. The normalized spacial score (nSPS) is 11.8. The summed E-state index contributed by atoms with van der Waals surface area (Å²) in [5.41, 5.74) is 13.2. The Bertz CT molecular complexity index is 1060. The van der Waals surface area contributed by atoms with Gasteiger partial charge in [-0.05, 0) is 52.9 Å². The number of fused-ring (bicyclic) bond motifs is 3. The number of nitrogen functional groups attached to an aromatic ring is 1. The van der Waals surface area contributed by atoms with Crippen molar-refractivity contribution in [3.05, 3.63) is 89.0 Å². The number of carbonyl (C=O) groups excluding carboxylic acids is 1. The highest BCUT2D eigenvalue weighted by Crippen LogP contribution is 2.44. The Kier molecular flexibility index (Phi) is 5.22. The van der Waals surface area contributed by atoms with Crippen molar-refractivity contribution < 1.29 is 9.53 Å². The average molecular weight is 382 g/mol. The lowest BCUT2D eigenvalue weighted by Crippen LogP contribution is -2.26. The van der Waals surface area contributed by atoms with Gasteiger partial charge in [0, 0.05) is 17.2 Å². The smallest absolute Gasteiger partial charge is 0.407 e. The van der Waals surface area contributed by atoms with Gasteiger partial charge >= 0.3 is 6.09 Å². The predicted octanol–water partition coefficient (Wildman–Crippen LogP) is 4.47. The maximum atomic E-state index is 12.1. The van der Waals surface area contributed by atoms with Crippen LogP contribution in [0.1, 0.15) is 28.2 Å². The SMILES string of the molecule is Cc1cc(N)cc(C#CCNC(=O)OCC2c3ccccc3-c3ccccc32)c1. The summed E-state index contributed by atoms with van der Waals surface area (Å²) in [5.74, 6) is 5.98. The van der Waals surface area contributed by atoms with Gasteiger partial charge in [0.1, 0.15) is 6.61 Å². The van der Waals surface area contributed by atoms with E-state index in [1.54, 1.807) is 0 Å². The van der Waals surface area contributed by atoms with Crippen LogP contribution in [0.15, 0.2) is 66.7 Å². The molecular formula is C25H22N2O2. The molecule has 0 bridgehead atoms. The molecule has 0 spiro atoms. The molecule has 0 heterocycles. The van der Waals surface area contributed by atoms with Crippen molar-refractivity contribution in [3.8, 4) is 23.0 Å². The van der Waals surface area contributed by atoms with E-state index < -0.39 is 6.09 Å². The summed E-state index contributed by atoms with van der Waals surface area (Å²) in [5, 5.41) is 2.69. The first-order valence-corrected chi connectivity index (χ1v) is 9.57. The van der Waals surface area contributed by atoms with Crippen LogP contribution in [0.2, 0.25) is 0 Å². The molecule has 1 amide bonds.